The predicted molar refractivity (Wildman–Crippen MR) is 160 cm³/mol. The Morgan fingerprint density at radius 2 is 1.83 bits per heavy atom. The summed E-state index contributed by atoms with van der Waals surface area (Å²) in [5.41, 5.74) is 2.55. The van der Waals surface area contributed by atoms with E-state index < -0.39 is 0 Å². The summed E-state index contributed by atoms with van der Waals surface area (Å²) in [7, 11) is 0. The third-order valence-electron chi connectivity index (χ3n) is 7.12. The summed E-state index contributed by atoms with van der Waals surface area (Å²) < 4.78 is 17.8. The van der Waals surface area contributed by atoms with Crippen LogP contribution in [0.15, 0.2) is 95.9 Å². The first-order chi connectivity index (χ1) is 20.2. The van der Waals surface area contributed by atoms with Crippen LogP contribution in [0.1, 0.15) is 5.76 Å². The number of fused-ring (bicyclic) bond motifs is 2. The molecule has 9 heteroatoms. The molecule has 0 atom stereocenters. The number of nitrogens with one attached hydrogen (secondary N) is 1. The van der Waals surface area contributed by atoms with Crippen molar-refractivity contribution in [2.24, 2.45) is 0 Å². The third-order valence-corrected chi connectivity index (χ3v) is 7.42. The van der Waals surface area contributed by atoms with Gasteiger partial charge in [-0.2, -0.15) is 0 Å². The van der Waals surface area contributed by atoms with Crippen LogP contribution in [0.4, 0.5) is 11.5 Å². The molecule has 0 amide bonds. The van der Waals surface area contributed by atoms with Crippen molar-refractivity contribution in [2.45, 2.75) is 6.54 Å². The largest absolute Gasteiger partial charge is 0.460 e. The molecule has 1 saturated heterocycles. The summed E-state index contributed by atoms with van der Waals surface area (Å²) in [5, 5.41) is 6.70. The van der Waals surface area contributed by atoms with E-state index in [1.807, 2.05) is 72.8 Å². The minimum atomic E-state index is 0.471. The van der Waals surface area contributed by atoms with Crippen LogP contribution in [0.3, 0.4) is 0 Å². The van der Waals surface area contributed by atoms with Gasteiger partial charge in [0.05, 0.1) is 30.3 Å². The first-order valence-electron chi connectivity index (χ1n) is 13.4. The smallest absolute Gasteiger partial charge is 0.146 e. The average Bonchev–Trinajstić information content (AvgIpc) is 3.47. The molecule has 3 aromatic carbocycles. The number of rotatable bonds is 7. The SMILES string of the molecule is Clc1cc(Nc2ncnc3ccc(-c4ccc(CN5CCOCC5)o4)cc23)ccc1Oc1cccc2ccncc12. The quantitative estimate of drug-likeness (QED) is 0.214. The van der Waals surface area contributed by atoms with E-state index in [9.17, 15) is 0 Å². The van der Waals surface area contributed by atoms with Crippen LogP contribution in [0.5, 0.6) is 11.5 Å². The van der Waals surface area contributed by atoms with Crippen molar-refractivity contribution < 1.29 is 13.9 Å². The van der Waals surface area contributed by atoms with Crippen molar-refractivity contribution in [1.29, 1.82) is 0 Å². The van der Waals surface area contributed by atoms with Crippen LogP contribution in [-0.2, 0) is 11.3 Å². The fourth-order valence-electron chi connectivity index (χ4n) is 5.00. The standard InChI is InChI=1S/C32H26ClN5O3/c33-27-17-23(5-8-31(27)41-30-3-1-2-21-10-11-34-18-26(21)30)37-32-25-16-22(4-7-28(25)35-20-36-32)29-9-6-24(40-29)19-38-12-14-39-15-13-38/h1-11,16-18,20H,12-15,19H2,(H,35,36,37). The van der Waals surface area contributed by atoms with Gasteiger partial charge in [-0.15, -0.1) is 0 Å². The molecule has 0 spiro atoms. The summed E-state index contributed by atoms with van der Waals surface area (Å²) in [6.07, 6.45) is 5.10. The van der Waals surface area contributed by atoms with Crippen LogP contribution in [0.2, 0.25) is 5.02 Å². The zero-order chi connectivity index (χ0) is 27.6. The number of nitrogens with zero attached hydrogens (tertiary/aromatic N) is 4. The molecular formula is C32H26ClN5O3. The second-order valence-corrected chi connectivity index (χ2v) is 10.2. The Kier molecular flexibility index (Phi) is 6.94. The molecule has 1 fully saturated rings. The fourth-order valence-corrected chi connectivity index (χ4v) is 5.22. The molecule has 8 nitrogen and oxygen atoms in total. The van der Waals surface area contributed by atoms with Gasteiger partial charge in [0, 0.05) is 47.5 Å². The van der Waals surface area contributed by atoms with Crippen molar-refractivity contribution in [1.82, 2.24) is 19.9 Å². The van der Waals surface area contributed by atoms with E-state index in [2.05, 4.69) is 25.2 Å². The number of hydrogen-bond acceptors (Lipinski definition) is 8. The summed E-state index contributed by atoms with van der Waals surface area (Å²) >= 11 is 6.66. The highest BCUT2D eigenvalue weighted by atomic mass is 35.5. The minimum Gasteiger partial charge on any atom is -0.460 e. The fraction of sp³-hybridized carbons (Fsp3) is 0.156. The van der Waals surface area contributed by atoms with Gasteiger partial charge in [-0.3, -0.25) is 9.88 Å². The Bertz CT molecular complexity index is 1850. The van der Waals surface area contributed by atoms with Gasteiger partial charge in [-0.05, 0) is 66.0 Å². The predicted octanol–water partition coefficient (Wildman–Crippen LogP) is 7.46. The number of halogens is 1. The molecule has 1 N–H and O–H groups in total. The van der Waals surface area contributed by atoms with Gasteiger partial charge >= 0.3 is 0 Å². The van der Waals surface area contributed by atoms with E-state index >= 15 is 0 Å². The second-order valence-electron chi connectivity index (χ2n) is 9.83. The first-order valence-corrected chi connectivity index (χ1v) is 13.8. The van der Waals surface area contributed by atoms with E-state index in [0.29, 0.717) is 22.3 Å². The van der Waals surface area contributed by atoms with E-state index in [-0.39, 0.29) is 0 Å². The highest BCUT2D eigenvalue weighted by Gasteiger charge is 2.15. The highest BCUT2D eigenvalue weighted by Crippen LogP contribution is 2.36. The number of ether oxygens (including phenoxy) is 2. The van der Waals surface area contributed by atoms with Crippen LogP contribution in [-0.4, -0.2) is 46.2 Å². The third kappa shape index (κ3) is 5.45. The number of aromatic nitrogens is 3. The molecule has 3 aromatic heterocycles. The molecule has 6 aromatic rings. The number of pyridine rings is 1. The topological polar surface area (TPSA) is 85.5 Å². The van der Waals surface area contributed by atoms with Crippen molar-refractivity contribution in [3.05, 3.63) is 102 Å². The summed E-state index contributed by atoms with van der Waals surface area (Å²) in [6, 6.07) is 23.5. The van der Waals surface area contributed by atoms with Crippen LogP contribution in [0, 0.1) is 0 Å². The molecule has 0 radical (unpaired) electrons. The monoisotopic (exact) mass is 563 g/mol. The van der Waals surface area contributed by atoms with Crippen LogP contribution < -0.4 is 10.1 Å². The molecular weight excluding hydrogens is 538 g/mol. The molecule has 41 heavy (non-hydrogen) atoms. The second kappa shape index (κ2) is 11.2. The Hall–Kier alpha value is -4.50. The highest BCUT2D eigenvalue weighted by molar-refractivity contribution is 6.32. The number of benzene rings is 3. The minimum absolute atomic E-state index is 0.471. The van der Waals surface area contributed by atoms with Crippen LogP contribution >= 0.6 is 11.6 Å². The lowest BCUT2D eigenvalue weighted by molar-refractivity contribution is 0.0314. The van der Waals surface area contributed by atoms with Gasteiger partial charge in [-0.1, -0.05) is 23.7 Å². The van der Waals surface area contributed by atoms with Crippen molar-refractivity contribution in [3.63, 3.8) is 0 Å². The number of anilines is 2. The van der Waals surface area contributed by atoms with Gasteiger partial charge in [0.1, 0.15) is 35.2 Å². The van der Waals surface area contributed by atoms with Gasteiger partial charge in [0.15, 0.2) is 0 Å². The lowest BCUT2D eigenvalue weighted by Crippen LogP contribution is -2.35. The van der Waals surface area contributed by atoms with Crippen molar-refractivity contribution in [3.8, 4) is 22.8 Å². The number of furan rings is 1. The van der Waals surface area contributed by atoms with Gasteiger partial charge in [-0.25, -0.2) is 9.97 Å². The molecule has 0 bridgehead atoms. The molecule has 1 aliphatic rings. The molecule has 7 rings (SSSR count). The lowest BCUT2D eigenvalue weighted by atomic mass is 10.1. The summed E-state index contributed by atoms with van der Waals surface area (Å²) in [6.45, 7) is 4.12. The van der Waals surface area contributed by atoms with Crippen molar-refractivity contribution >= 4 is 44.8 Å². The number of morpholine rings is 1. The maximum absolute atomic E-state index is 6.66. The molecule has 0 aliphatic carbocycles. The maximum Gasteiger partial charge on any atom is 0.146 e. The Labute approximate surface area is 241 Å². The van der Waals surface area contributed by atoms with E-state index in [4.69, 9.17) is 25.5 Å². The molecule has 0 saturated carbocycles. The van der Waals surface area contributed by atoms with Gasteiger partial charge < -0.3 is 19.2 Å². The molecule has 0 unspecified atom stereocenters. The zero-order valence-electron chi connectivity index (χ0n) is 22.1. The van der Waals surface area contributed by atoms with E-state index in [1.165, 1.54) is 0 Å². The van der Waals surface area contributed by atoms with E-state index in [0.717, 1.165) is 77.3 Å². The molecule has 4 heterocycles. The lowest BCUT2D eigenvalue weighted by Gasteiger charge is -2.25. The summed E-state index contributed by atoms with van der Waals surface area (Å²) in [5.74, 6) is 3.65. The van der Waals surface area contributed by atoms with Gasteiger partial charge in [0.25, 0.3) is 0 Å². The molecule has 1 aliphatic heterocycles. The first kappa shape index (κ1) is 25.5. The number of hydrogen-bond donors (Lipinski definition) is 1. The normalized spacial score (nSPS) is 14.0. The van der Waals surface area contributed by atoms with Gasteiger partial charge in [0.2, 0.25) is 0 Å². The Balaban J connectivity index is 1.12. The van der Waals surface area contributed by atoms with E-state index in [1.54, 1.807) is 18.7 Å². The Morgan fingerprint density at radius 3 is 2.73 bits per heavy atom. The average molecular weight is 564 g/mol. The van der Waals surface area contributed by atoms with Crippen LogP contribution in [0.25, 0.3) is 33.0 Å². The molecule has 204 valence electrons. The Morgan fingerprint density at radius 1 is 0.902 bits per heavy atom. The summed E-state index contributed by atoms with van der Waals surface area (Å²) in [4.78, 5) is 15.5. The van der Waals surface area contributed by atoms with Crippen molar-refractivity contribution in [2.75, 3.05) is 31.6 Å². The maximum atomic E-state index is 6.66. The zero-order valence-corrected chi connectivity index (χ0v) is 22.8.